The monoisotopic (exact) mass is 432 g/mol. The van der Waals surface area contributed by atoms with Gasteiger partial charge in [-0.25, -0.2) is 0 Å². The molecule has 0 aromatic heterocycles. The number of ether oxygens (including phenoxy) is 1. The molecule has 2 aromatic carbocycles. The van der Waals surface area contributed by atoms with Crippen LogP contribution in [0.15, 0.2) is 40.9 Å². The topological polar surface area (TPSA) is 67.4 Å². The first-order valence-electron chi connectivity index (χ1n) is 8.68. The Labute approximate surface area is 168 Å². The molecule has 0 radical (unpaired) electrons. The Morgan fingerprint density at radius 2 is 1.67 bits per heavy atom. The van der Waals surface area contributed by atoms with Crippen molar-refractivity contribution in [3.8, 4) is 5.75 Å². The minimum atomic E-state index is -0.434. The van der Waals surface area contributed by atoms with Gasteiger partial charge in [-0.05, 0) is 48.1 Å². The third-order valence-corrected chi connectivity index (χ3v) is 4.77. The van der Waals surface area contributed by atoms with Gasteiger partial charge < -0.3 is 4.74 Å². The average molecular weight is 433 g/mol. The van der Waals surface area contributed by atoms with Crippen LogP contribution < -0.4 is 15.6 Å². The zero-order valence-electron chi connectivity index (χ0n) is 16.3. The summed E-state index contributed by atoms with van der Waals surface area (Å²) in [7, 11) is 0. The third-order valence-electron chi connectivity index (χ3n) is 4.11. The largest absolute Gasteiger partial charge is 0.483 e. The second-order valence-corrected chi connectivity index (χ2v) is 8.31. The Hall–Kier alpha value is -2.34. The minimum absolute atomic E-state index is 0.0346. The highest BCUT2D eigenvalue weighted by Crippen LogP contribution is 2.30. The predicted molar refractivity (Wildman–Crippen MR) is 110 cm³/mol. The first-order valence-corrected chi connectivity index (χ1v) is 9.47. The fourth-order valence-electron chi connectivity index (χ4n) is 2.66. The maximum Gasteiger partial charge on any atom is 0.276 e. The van der Waals surface area contributed by atoms with Crippen LogP contribution in [0.2, 0.25) is 0 Å². The smallest absolute Gasteiger partial charge is 0.276 e. The van der Waals surface area contributed by atoms with Crippen LogP contribution in [0.4, 0.5) is 0 Å². The van der Waals surface area contributed by atoms with E-state index < -0.39 is 11.8 Å². The molecule has 0 unspecified atom stereocenters. The molecule has 2 rings (SSSR count). The lowest BCUT2D eigenvalue weighted by Gasteiger charge is -2.21. The lowest BCUT2D eigenvalue weighted by molar-refractivity contribution is -0.123. The molecule has 144 valence electrons. The summed E-state index contributed by atoms with van der Waals surface area (Å²) in [4.78, 5) is 24.2. The molecular formula is C21H25BrN2O3. The summed E-state index contributed by atoms with van der Waals surface area (Å²) in [5.41, 5.74) is 8.21. The van der Waals surface area contributed by atoms with Crippen molar-refractivity contribution in [2.45, 2.75) is 40.0 Å². The molecule has 0 aliphatic rings. The summed E-state index contributed by atoms with van der Waals surface area (Å²) < 4.78 is 6.42. The second-order valence-electron chi connectivity index (χ2n) is 7.46. The van der Waals surface area contributed by atoms with Gasteiger partial charge in [0.2, 0.25) is 0 Å². The third kappa shape index (κ3) is 5.57. The van der Waals surface area contributed by atoms with Gasteiger partial charge in [-0.2, -0.15) is 0 Å². The average Bonchev–Trinajstić information content (AvgIpc) is 2.58. The number of hydrazine groups is 1. The van der Waals surface area contributed by atoms with Crippen LogP contribution in [-0.4, -0.2) is 18.4 Å². The molecule has 27 heavy (non-hydrogen) atoms. The maximum atomic E-state index is 12.3. The van der Waals surface area contributed by atoms with E-state index in [1.165, 1.54) is 0 Å². The summed E-state index contributed by atoms with van der Waals surface area (Å²) in [5, 5.41) is 0. The molecule has 0 spiro atoms. The lowest BCUT2D eigenvalue weighted by Crippen LogP contribution is -2.43. The zero-order valence-corrected chi connectivity index (χ0v) is 17.9. The molecule has 0 fully saturated rings. The van der Waals surface area contributed by atoms with E-state index in [1.54, 1.807) is 12.1 Å². The highest BCUT2D eigenvalue weighted by molar-refractivity contribution is 9.10. The van der Waals surface area contributed by atoms with Gasteiger partial charge in [0, 0.05) is 10.0 Å². The fourth-order valence-corrected chi connectivity index (χ4v) is 3.64. The Morgan fingerprint density at radius 1 is 1.04 bits per heavy atom. The number of hydrogen-bond donors (Lipinski definition) is 2. The molecule has 2 N–H and O–H groups in total. The van der Waals surface area contributed by atoms with E-state index in [2.05, 4.69) is 47.6 Å². The van der Waals surface area contributed by atoms with Crippen LogP contribution in [0.3, 0.4) is 0 Å². The molecule has 0 bridgehead atoms. The van der Waals surface area contributed by atoms with Crippen molar-refractivity contribution < 1.29 is 14.3 Å². The van der Waals surface area contributed by atoms with E-state index >= 15 is 0 Å². The Balaban J connectivity index is 1.91. The van der Waals surface area contributed by atoms with E-state index in [0.29, 0.717) is 11.3 Å². The van der Waals surface area contributed by atoms with Crippen LogP contribution in [-0.2, 0) is 10.2 Å². The molecule has 0 aliphatic heterocycles. The molecule has 6 heteroatoms. The molecule has 0 heterocycles. The number of amides is 2. The molecular weight excluding hydrogens is 408 g/mol. The van der Waals surface area contributed by atoms with Crippen molar-refractivity contribution in [1.82, 2.24) is 10.9 Å². The molecule has 0 saturated carbocycles. The SMILES string of the molecule is Cc1cccc(C)c1OCC(=O)NNC(=O)c1ccc(C(C)(C)C)c(Br)c1. The van der Waals surface area contributed by atoms with Crippen molar-refractivity contribution in [2.24, 2.45) is 0 Å². The van der Waals surface area contributed by atoms with Crippen molar-refractivity contribution in [3.05, 3.63) is 63.1 Å². The second kappa shape index (κ2) is 8.57. The number of nitrogens with one attached hydrogen (secondary N) is 2. The summed E-state index contributed by atoms with van der Waals surface area (Å²) in [6.45, 7) is 9.95. The van der Waals surface area contributed by atoms with Gasteiger partial charge in [-0.3, -0.25) is 20.4 Å². The number of benzene rings is 2. The Kier molecular flexibility index (Phi) is 6.65. The summed E-state index contributed by atoms with van der Waals surface area (Å²) in [6, 6.07) is 11.2. The van der Waals surface area contributed by atoms with Crippen molar-refractivity contribution in [1.29, 1.82) is 0 Å². The maximum absolute atomic E-state index is 12.3. The lowest BCUT2D eigenvalue weighted by atomic mass is 9.86. The number of carbonyl (C=O) groups is 2. The normalized spacial score (nSPS) is 11.0. The van der Waals surface area contributed by atoms with E-state index in [9.17, 15) is 9.59 Å². The summed E-state index contributed by atoms with van der Waals surface area (Å²) >= 11 is 3.51. The molecule has 2 aromatic rings. The van der Waals surface area contributed by atoms with Crippen molar-refractivity contribution in [2.75, 3.05) is 6.61 Å². The van der Waals surface area contributed by atoms with Gasteiger partial charge in [0.05, 0.1) is 0 Å². The number of halogens is 1. The minimum Gasteiger partial charge on any atom is -0.483 e. The number of rotatable bonds is 4. The first-order chi connectivity index (χ1) is 12.6. The number of aryl methyl sites for hydroxylation is 2. The first kappa shape index (κ1) is 21.0. The summed E-state index contributed by atoms with van der Waals surface area (Å²) in [5.74, 6) is -0.145. The van der Waals surface area contributed by atoms with Crippen molar-refractivity contribution >= 4 is 27.7 Å². The van der Waals surface area contributed by atoms with Gasteiger partial charge >= 0.3 is 0 Å². The van der Waals surface area contributed by atoms with Crippen LogP contribution >= 0.6 is 15.9 Å². The van der Waals surface area contributed by atoms with Crippen LogP contribution in [0.25, 0.3) is 0 Å². The fraction of sp³-hybridized carbons (Fsp3) is 0.333. The quantitative estimate of drug-likeness (QED) is 0.711. The van der Waals surface area contributed by atoms with Gasteiger partial charge in [0.25, 0.3) is 11.8 Å². The van der Waals surface area contributed by atoms with E-state index in [-0.39, 0.29) is 12.0 Å². The van der Waals surface area contributed by atoms with Gasteiger partial charge in [0.1, 0.15) is 5.75 Å². The van der Waals surface area contributed by atoms with Gasteiger partial charge in [-0.1, -0.05) is 61.0 Å². The molecule has 0 saturated heterocycles. The van der Waals surface area contributed by atoms with E-state index in [1.807, 2.05) is 38.1 Å². The molecule has 5 nitrogen and oxygen atoms in total. The zero-order chi connectivity index (χ0) is 20.2. The van der Waals surface area contributed by atoms with Crippen LogP contribution in [0.5, 0.6) is 5.75 Å². The Bertz CT molecular complexity index is 837. The molecule has 0 atom stereocenters. The molecule has 2 amide bonds. The van der Waals surface area contributed by atoms with Gasteiger partial charge in [-0.15, -0.1) is 0 Å². The highest BCUT2D eigenvalue weighted by atomic mass is 79.9. The van der Waals surface area contributed by atoms with E-state index in [4.69, 9.17) is 4.74 Å². The number of hydrogen-bond acceptors (Lipinski definition) is 3. The number of carbonyl (C=O) groups excluding carboxylic acids is 2. The summed E-state index contributed by atoms with van der Waals surface area (Å²) in [6.07, 6.45) is 0. The standard InChI is InChI=1S/C21H25BrN2O3/c1-13-7-6-8-14(2)19(13)27-12-18(25)23-24-20(26)15-9-10-16(17(22)11-15)21(3,4)5/h6-11H,12H2,1-5H3,(H,23,25)(H,24,26). The van der Waals surface area contributed by atoms with E-state index in [0.717, 1.165) is 21.2 Å². The number of para-hydroxylation sites is 1. The van der Waals surface area contributed by atoms with Gasteiger partial charge in [0.15, 0.2) is 6.61 Å². The van der Waals surface area contributed by atoms with Crippen LogP contribution in [0, 0.1) is 13.8 Å². The molecule has 0 aliphatic carbocycles. The van der Waals surface area contributed by atoms with Crippen LogP contribution in [0.1, 0.15) is 47.8 Å². The van der Waals surface area contributed by atoms with Crippen molar-refractivity contribution in [3.63, 3.8) is 0 Å². The highest BCUT2D eigenvalue weighted by Gasteiger charge is 2.18. The Morgan fingerprint density at radius 3 is 2.22 bits per heavy atom. The predicted octanol–water partition coefficient (Wildman–Crippen LogP) is 4.20.